The van der Waals surface area contributed by atoms with Crippen molar-refractivity contribution < 1.29 is 9.26 Å². The third-order valence-electron chi connectivity index (χ3n) is 8.00. The highest BCUT2D eigenvalue weighted by molar-refractivity contribution is 7.22. The van der Waals surface area contributed by atoms with Crippen molar-refractivity contribution in [1.82, 2.24) is 10.1 Å². The summed E-state index contributed by atoms with van der Waals surface area (Å²) < 4.78 is 13.8. The number of aryl methyl sites for hydroxylation is 2. The third-order valence-corrected chi connectivity index (χ3v) is 9.37. The first-order valence-corrected chi connectivity index (χ1v) is 13.7. The van der Waals surface area contributed by atoms with Gasteiger partial charge in [0.05, 0.1) is 28.0 Å². The first-order chi connectivity index (χ1) is 17.1. The van der Waals surface area contributed by atoms with Gasteiger partial charge in [-0.3, -0.25) is 0 Å². The molecule has 3 fully saturated rings. The zero-order chi connectivity index (χ0) is 23.7. The standard InChI is InChI=1S/C28H28ClN3O2S/c1-15-5-3-7-21(29)24(15)26-20(27(34-31-26)17-9-10-17)14-33-22-12-19-11-18(22)13-32(19)28-30-25-16(2)6-4-8-23(25)35-28/h3-8,17-19,22H,9-14H2,1-2H3. The minimum absolute atomic E-state index is 0.259. The zero-order valence-corrected chi connectivity index (χ0v) is 21.5. The topological polar surface area (TPSA) is 51.4 Å². The van der Waals surface area contributed by atoms with E-state index in [4.69, 9.17) is 25.8 Å². The molecule has 3 atom stereocenters. The lowest BCUT2D eigenvalue weighted by molar-refractivity contribution is 0.0122. The van der Waals surface area contributed by atoms with Crippen LogP contribution >= 0.6 is 22.9 Å². The van der Waals surface area contributed by atoms with E-state index < -0.39 is 0 Å². The molecular formula is C28H28ClN3O2S. The molecule has 180 valence electrons. The number of ether oxygens (including phenoxy) is 1. The van der Waals surface area contributed by atoms with Gasteiger partial charge in [0.2, 0.25) is 0 Å². The molecule has 1 saturated heterocycles. The number of piperidine rings is 1. The summed E-state index contributed by atoms with van der Waals surface area (Å²) in [6.07, 6.45) is 4.80. The lowest BCUT2D eigenvalue weighted by Crippen LogP contribution is -2.38. The Bertz CT molecular complexity index is 1400. The van der Waals surface area contributed by atoms with Crippen LogP contribution in [-0.2, 0) is 11.3 Å². The Morgan fingerprint density at radius 1 is 1.11 bits per heavy atom. The SMILES string of the molecule is Cc1cccc(Cl)c1-c1noc(C2CC2)c1COC1CC2CC1CN2c1nc2c(C)cccc2s1. The van der Waals surface area contributed by atoms with E-state index in [-0.39, 0.29) is 6.10 Å². The van der Waals surface area contributed by atoms with Crippen LogP contribution in [0.5, 0.6) is 0 Å². The maximum absolute atomic E-state index is 6.62. The maximum Gasteiger partial charge on any atom is 0.186 e. The van der Waals surface area contributed by atoms with Crippen LogP contribution in [0.3, 0.4) is 0 Å². The monoisotopic (exact) mass is 505 g/mol. The number of hydrogen-bond donors (Lipinski definition) is 0. The Morgan fingerprint density at radius 3 is 2.69 bits per heavy atom. The number of fused-ring (bicyclic) bond motifs is 3. The fourth-order valence-electron chi connectivity index (χ4n) is 5.99. The summed E-state index contributed by atoms with van der Waals surface area (Å²) in [7, 11) is 0. The fraction of sp³-hybridized carbons (Fsp3) is 0.429. The molecule has 2 aromatic heterocycles. The van der Waals surface area contributed by atoms with Crippen molar-refractivity contribution in [2.45, 2.75) is 64.2 Å². The average Bonchev–Trinajstić information content (AvgIpc) is 3.18. The predicted octanol–water partition coefficient (Wildman–Crippen LogP) is 7.28. The van der Waals surface area contributed by atoms with Gasteiger partial charge in [0.15, 0.2) is 5.13 Å². The molecule has 2 saturated carbocycles. The van der Waals surface area contributed by atoms with Gasteiger partial charge in [0.1, 0.15) is 11.5 Å². The van der Waals surface area contributed by atoms with Crippen LogP contribution in [0.25, 0.3) is 21.5 Å². The van der Waals surface area contributed by atoms with Gasteiger partial charge in [0.25, 0.3) is 0 Å². The number of nitrogens with zero attached hydrogens (tertiary/aromatic N) is 3. The highest BCUT2D eigenvalue weighted by atomic mass is 35.5. The van der Waals surface area contributed by atoms with Gasteiger partial charge < -0.3 is 14.2 Å². The molecule has 0 radical (unpaired) electrons. The van der Waals surface area contributed by atoms with E-state index >= 15 is 0 Å². The van der Waals surface area contributed by atoms with E-state index in [0.29, 0.717) is 29.5 Å². The van der Waals surface area contributed by atoms with E-state index in [1.807, 2.05) is 23.5 Å². The summed E-state index contributed by atoms with van der Waals surface area (Å²) in [4.78, 5) is 7.51. The number of hydrogen-bond acceptors (Lipinski definition) is 6. The van der Waals surface area contributed by atoms with Gasteiger partial charge in [-0.15, -0.1) is 0 Å². The van der Waals surface area contributed by atoms with Gasteiger partial charge in [-0.05, 0) is 62.8 Å². The van der Waals surface area contributed by atoms with Crippen molar-refractivity contribution in [3.05, 3.63) is 63.9 Å². The summed E-state index contributed by atoms with van der Waals surface area (Å²) in [5, 5.41) is 6.36. The van der Waals surface area contributed by atoms with Crippen LogP contribution in [-0.4, -0.2) is 28.8 Å². The van der Waals surface area contributed by atoms with Gasteiger partial charge in [-0.2, -0.15) is 0 Å². The van der Waals surface area contributed by atoms with Crippen molar-refractivity contribution in [2.24, 2.45) is 5.92 Å². The maximum atomic E-state index is 6.62. The van der Waals surface area contributed by atoms with Crippen LogP contribution < -0.4 is 4.90 Å². The Morgan fingerprint density at radius 2 is 1.94 bits per heavy atom. The smallest absolute Gasteiger partial charge is 0.186 e. The van der Waals surface area contributed by atoms with E-state index in [1.165, 1.54) is 16.7 Å². The van der Waals surface area contributed by atoms with Crippen LogP contribution in [0.1, 0.15) is 54.1 Å². The van der Waals surface area contributed by atoms with Crippen molar-refractivity contribution >= 4 is 38.3 Å². The molecule has 4 aromatic rings. The van der Waals surface area contributed by atoms with Crippen molar-refractivity contribution in [3.8, 4) is 11.3 Å². The summed E-state index contributed by atoms with van der Waals surface area (Å²) in [5.41, 5.74) is 6.41. The van der Waals surface area contributed by atoms with Crippen molar-refractivity contribution in [3.63, 3.8) is 0 Å². The summed E-state index contributed by atoms with van der Waals surface area (Å²) in [6, 6.07) is 12.9. The number of anilines is 1. The molecule has 0 amide bonds. The third kappa shape index (κ3) is 3.69. The molecule has 7 rings (SSSR count). The van der Waals surface area contributed by atoms with E-state index in [1.54, 1.807) is 0 Å². The lowest BCUT2D eigenvalue weighted by atomic mass is 10.00. The molecule has 3 heterocycles. The average molecular weight is 506 g/mol. The predicted molar refractivity (Wildman–Crippen MR) is 140 cm³/mol. The second-order valence-electron chi connectivity index (χ2n) is 10.4. The molecule has 2 bridgehead atoms. The number of benzene rings is 2. The number of aromatic nitrogens is 2. The number of thiazole rings is 1. The van der Waals surface area contributed by atoms with Crippen molar-refractivity contribution in [2.75, 3.05) is 11.4 Å². The van der Waals surface area contributed by atoms with E-state index in [9.17, 15) is 0 Å². The molecule has 2 aliphatic carbocycles. The zero-order valence-electron chi connectivity index (χ0n) is 20.0. The van der Waals surface area contributed by atoms with Crippen molar-refractivity contribution in [1.29, 1.82) is 0 Å². The molecule has 7 heteroatoms. The molecule has 0 spiro atoms. The molecule has 35 heavy (non-hydrogen) atoms. The summed E-state index contributed by atoms with van der Waals surface area (Å²) >= 11 is 8.42. The Kier molecular flexibility index (Phi) is 5.19. The second-order valence-corrected chi connectivity index (χ2v) is 11.8. The summed E-state index contributed by atoms with van der Waals surface area (Å²) in [5.74, 6) is 1.99. The number of rotatable bonds is 6. The van der Waals surface area contributed by atoms with E-state index in [2.05, 4.69) is 48.2 Å². The number of para-hydroxylation sites is 1. The molecular weight excluding hydrogens is 478 g/mol. The molecule has 3 unspecified atom stereocenters. The highest BCUT2D eigenvalue weighted by Crippen LogP contribution is 2.47. The Hall–Kier alpha value is -2.41. The minimum Gasteiger partial charge on any atom is -0.373 e. The first kappa shape index (κ1) is 21.8. The Labute approximate surface area is 214 Å². The largest absolute Gasteiger partial charge is 0.373 e. The molecule has 0 N–H and O–H groups in total. The first-order valence-electron chi connectivity index (χ1n) is 12.5. The van der Waals surface area contributed by atoms with Gasteiger partial charge in [-0.25, -0.2) is 4.98 Å². The quantitative estimate of drug-likeness (QED) is 0.275. The second kappa shape index (κ2) is 8.32. The molecule has 3 aliphatic rings. The van der Waals surface area contributed by atoms with Crippen LogP contribution in [0, 0.1) is 19.8 Å². The van der Waals surface area contributed by atoms with E-state index in [0.717, 1.165) is 64.6 Å². The minimum atomic E-state index is 0.259. The highest BCUT2D eigenvalue weighted by Gasteiger charge is 2.46. The molecule has 2 aromatic carbocycles. The lowest BCUT2D eigenvalue weighted by Gasteiger charge is -2.31. The van der Waals surface area contributed by atoms with Gasteiger partial charge in [-0.1, -0.05) is 52.4 Å². The van der Waals surface area contributed by atoms with Crippen LogP contribution in [0.4, 0.5) is 5.13 Å². The fourth-order valence-corrected chi connectivity index (χ4v) is 7.42. The number of halogens is 1. The van der Waals surface area contributed by atoms with Crippen LogP contribution in [0.2, 0.25) is 5.02 Å². The summed E-state index contributed by atoms with van der Waals surface area (Å²) in [6.45, 7) is 5.77. The van der Waals surface area contributed by atoms with Gasteiger partial charge >= 0.3 is 0 Å². The normalized spacial score (nSPS) is 23.6. The Balaban J connectivity index is 1.10. The van der Waals surface area contributed by atoms with Crippen LogP contribution in [0.15, 0.2) is 40.9 Å². The molecule has 1 aliphatic heterocycles. The van der Waals surface area contributed by atoms with Gasteiger partial charge in [0, 0.05) is 35.5 Å². The molecule has 5 nitrogen and oxygen atoms in total.